The number of nitriles is 1. The number of aromatic nitrogens is 6. The van der Waals surface area contributed by atoms with E-state index in [2.05, 4.69) is 26.5 Å². The smallest absolute Gasteiger partial charge is 0.196 e. The summed E-state index contributed by atoms with van der Waals surface area (Å²) in [6.07, 6.45) is 3.99. The van der Waals surface area contributed by atoms with Crippen molar-refractivity contribution in [2.24, 2.45) is 0 Å². The predicted octanol–water partition coefficient (Wildman–Crippen LogP) is 5.49. The van der Waals surface area contributed by atoms with Gasteiger partial charge in [0.1, 0.15) is 23.2 Å². The van der Waals surface area contributed by atoms with Gasteiger partial charge in [-0.15, -0.1) is 20.4 Å². The van der Waals surface area contributed by atoms with E-state index >= 15 is 0 Å². The number of nitrogens with zero attached hydrogens (tertiary/aromatic N) is 7. The highest BCUT2D eigenvalue weighted by molar-refractivity contribution is 7.99. The van der Waals surface area contributed by atoms with Gasteiger partial charge >= 0.3 is 0 Å². The van der Waals surface area contributed by atoms with E-state index < -0.39 is 0 Å². The van der Waals surface area contributed by atoms with Crippen molar-refractivity contribution in [3.63, 3.8) is 0 Å². The second kappa shape index (κ2) is 10.3. The van der Waals surface area contributed by atoms with Crippen LogP contribution in [-0.4, -0.2) is 40.4 Å². The molecule has 8 nitrogen and oxygen atoms in total. The minimum Gasteiger partial charge on any atom is -0.510 e. The molecule has 2 aromatic heterocycles. The van der Waals surface area contributed by atoms with Gasteiger partial charge in [-0.25, -0.2) is 0 Å². The van der Waals surface area contributed by atoms with Crippen LogP contribution in [0, 0.1) is 11.3 Å². The number of rotatable bonds is 6. The average molecular weight is 504 g/mol. The van der Waals surface area contributed by atoms with Gasteiger partial charge in [0.25, 0.3) is 0 Å². The second-order valence-corrected chi connectivity index (χ2v) is 9.49. The lowest BCUT2D eigenvalue weighted by atomic mass is 10.2. The van der Waals surface area contributed by atoms with Gasteiger partial charge in [0.2, 0.25) is 0 Å². The SMILES string of the molecule is N#C/C(=C(/O)CSc1nnc(-c2ccccc2)n1-c1ccc(Cl)cc1)c1nnc2n1CCCCC2. The largest absolute Gasteiger partial charge is 0.510 e. The minimum absolute atomic E-state index is 0.0659. The molecule has 0 aliphatic carbocycles. The molecule has 1 N–H and O–H groups in total. The van der Waals surface area contributed by atoms with E-state index in [9.17, 15) is 10.4 Å². The Morgan fingerprint density at radius 2 is 1.80 bits per heavy atom. The van der Waals surface area contributed by atoms with Gasteiger partial charge in [-0.1, -0.05) is 60.1 Å². The third-order valence-electron chi connectivity index (χ3n) is 5.82. The lowest BCUT2D eigenvalue weighted by Crippen LogP contribution is -2.07. The van der Waals surface area contributed by atoms with Crippen LogP contribution in [0.2, 0.25) is 5.02 Å². The van der Waals surface area contributed by atoms with Crippen molar-refractivity contribution < 1.29 is 5.11 Å². The van der Waals surface area contributed by atoms with Crippen LogP contribution in [-0.2, 0) is 13.0 Å². The minimum atomic E-state index is -0.0659. The number of thioether (sulfide) groups is 1. The van der Waals surface area contributed by atoms with E-state index in [0.29, 0.717) is 21.8 Å². The molecule has 176 valence electrons. The number of fused-ring (bicyclic) bond motifs is 1. The third-order valence-corrected chi connectivity index (χ3v) is 7.01. The second-order valence-electron chi connectivity index (χ2n) is 8.11. The number of allylic oxidation sites excluding steroid dienone is 1. The zero-order valence-electron chi connectivity index (χ0n) is 18.8. The molecule has 0 amide bonds. The molecule has 0 bridgehead atoms. The maximum Gasteiger partial charge on any atom is 0.196 e. The molecule has 35 heavy (non-hydrogen) atoms. The van der Waals surface area contributed by atoms with Crippen molar-refractivity contribution in [1.29, 1.82) is 5.26 Å². The number of hydrogen-bond donors (Lipinski definition) is 1. The van der Waals surface area contributed by atoms with Crippen molar-refractivity contribution >= 4 is 28.9 Å². The molecule has 2 aromatic carbocycles. The van der Waals surface area contributed by atoms with E-state index in [1.165, 1.54) is 11.8 Å². The summed E-state index contributed by atoms with van der Waals surface area (Å²) in [5, 5.41) is 39.2. The summed E-state index contributed by atoms with van der Waals surface area (Å²) in [5.41, 5.74) is 1.89. The molecule has 4 aromatic rings. The molecule has 10 heteroatoms. The Labute approximate surface area is 211 Å². The highest BCUT2D eigenvalue weighted by Crippen LogP contribution is 2.30. The van der Waals surface area contributed by atoms with Crippen LogP contribution in [0.3, 0.4) is 0 Å². The van der Waals surface area contributed by atoms with Gasteiger partial charge in [0.15, 0.2) is 16.8 Å². The van der Waals surface area contributed by atoms with Crippen molar-refractivity contribution in [3.8, 4) is 23.1 Å². The average Bonchev–Trinajstić information content (AvgIpc) is 3.41. The summed E-state index contributed by atoms with van der Waals surface area (Å²) in [6, 6.07) is 19.3. The van der Waals surface area contributed by atoms with E-state index in [1.807, 2.05) is 63.7 Å². The zero-order valence-corrected chi connectivity index (χ0v) is 20.4. The monoisotopic (exact) mass is 503 g/mol. The fraction of sp³-hybridized carbons (Fsp3) is 0.240. The van der Waals surface area contributed by atoms with E-state index in [0.717, 1.165) is 49.3 Å². The Morgan fingerprint density at radius 1 is 1.00 bits per heavy atom. The fourth-order valence-corrected chi connectivity index (χ4v) is 5.03. The van der Waals surface area contributed by atoms with Crippen LogP contribution in [0.25, 0.3) is 22.6 Å². The van der Waals surface area contributed by atoms with Crippen LogP contribution in [0.5, 0.6) is 0 Å². The highest BCUT2D eigenvalue weighted by Gasteiger charge is 2.22. The topological polar surface area (TPSA) is 105 Å². The fourth-order valence-electron chi connectivity index (χ4n) is 4.08. The standard InChI is InChI=1S/C25H22ClN7OS/c26-18-10-12-19(13-11-18)33-23(17-7-3-1-4-8-17)29-31-25(33)35-16-21(34)20(15-27)24-30-28-22-9-5-2-6-14-32(22)24/h1,3-4,7-8,10-13,34H,2,5-6,9,14,16H2/b21-20-. The van der Waals surface area contributed by atoms with Crippen LogP contribution in [0.4, 0.5) is 0 Å². The van der Waals surface area contributed by atoms with Gasteiger partial charge in [-0.3, -0.25) is 4.57 Å². The molecule has 0 saturated heterocycles. The molecule has 0 radical (unpaired) electrons. The highest BCUT2D eigenvalue weighted by atomic mass is 35.5. The van der Waals surface area contributed by atoms with Crippen molar-refractivity contribution in [3.05, 3.63) is 77.0 Å². The Kier molecular flexibility index (Phi) is 6.84. The van der Waals surface area contributed by atoms with Crippen LogP contribution in [0.15, 0.2) is 65.5 Å². The van der Waals surface area contributed by atoms with Crippen molar-refractivity contribution in [2.45, 2.75) is 37.4 Å². The van der Waals surface area contributed by atoms with E-state index in [1.54, 1.807) is 0 Å². The predicted molar refractivity (Wildman–Crippen MR) is 135 cm³/mol. The van der Waals surface area contributed by atoms with E-state index in [-0.39, 0.29) is 17.1 Å². The Morgan fingerprint density at radius 3 is 2.57 bits per heavy atom. The van der Waals surface area contributed by atoms with Gasteiger partial charge < -0.3 is 9.67 Å². The summed E-state index contributed by atoms with van der Waals surface area (Å²) in [4.78, 5) is 0. The van der Waals surface area contributed by atoms with Crippen LogP contribution >= 0.6 is 23.4 Å². The third kappa shape index (κ3) is 4.81. The molecule has 0 saturated carbocycles. The molecule has 1 aliphatic rings. The summed E-state index contributed by atoms with van der Waals surface area (Å²) >= 11 is 7.40. The summed E-state index contributed by atoms with van der Waals surface area (Å²) in [5.74, 6) is 2.02. The quantitative estimate of drug-likeness (QED) is 0.210. The Balaban J connectivity index is 1.48. The number of aryl methyl sites for hydroxylation is 1. The lowest BCUT2D eigenvalue weighted by Gasteiger charge is -2.11. The first-order chi connectivity index (χ1) is 17.2. The summed E-state index contributed by atoms with van der Waals surface area (Å²) in [6.45, 7) is 0.745. The van der Waals surface area contributed by atoms with Crippen LogP contribution in [0.1, 0.15) is 30.9 Å². The molecule has 1 aliphatic heterocycles. The first-order valence-corrected chi connectivity index (χ1v) is 12.7. The van der Waals surface area contributed by atoms with Crippen molar-refractivity contribution in [1.82, 2.24) is 29.5 Å². The molecule has 0 atom stereocenters. The number of aliphatic hydroxyl groups is 1. The number of hydrogen-bond acceptors (Lipinski definition) is 7. The molecular weight excluding hydrogens is 482 g/mol. The van der Waals surface area contributed by atoms with Crippen LogP contribution < -0.4 is 0 Å². The van der Waals surface area contributed by atoms with Gasteiger partial charge in [-0.2, -0.15) is 5.26 Å². The maximum atomic E-state index is 10.9. The summed E-state index contributed by atoms with van der Waals surface area (Å²) in [7, 11) is 0. The Hall–Kier alpha value is -3.61. The lowest BCUT2D eigenvalue weighted by molar-refractivity contribution is 0.419. The molecule has 3 heterocycles. The van der Waals surface area contributed by atoms with Gasteiger partial charge in [0, 0.05) is 29.2 Å². The van der Waals surface area contributed by atoms with E-state index in [4.69, 9.17) is 11.6 Å². The maximum absolute atomic E-state index is 10.9. The zero-order chi connectivity index (χ0) is 24.2. The van der Waals surface area contributed by atoms with Gasteiger partial charge in [-0.05, 0) is 37.1 Å². The van der Waals surface area contributed by atoms with Gasteiger partial charge in [0.05, 0.1) is 5.75 Å². The first kappa shape index (κ1) is 23.1. The number of halogens is 1. The van der Waals surface area contributed by atoms with Crippen molar-refractivity contribution in [2.75, 3.05) is 5.75 Å². The Bertz CT molecular complexity index is 1400. The normalized spacial score (nSPS) is 14.1. The number of benzene rings is 2. The number of aliphatic hydroxyl groups excluding tert-OH is 1. The molecule has 5 rings (SSSR count). The molecule has 0 unspecified atom stereocenters. The first-order valence-electron chi connectivity index (χ1n) is 11.3. The molecule has 0 spiro atoms. The molecular formula is C25H22ClN7OS. The summed E-state index contributed by atoms with van der Waals surface area (Å²) < 4.78 is 3.87. The molecule has 0 fully saturated rings.